The zero-order valence-electron chi connectivity index (χ0n) is 36.5. The van der Waals surface area contributed by atoms with Crippen molar-refractivity contribution in [1.82, 2.24) is 0 Å². The average molecular weight is 843 g/mol. The van der Waals surface area contributed by atoms with E-state index in [1.165, 1.54) is 55.3 Å². The molecule has 11 aromatic rings. The van der Waals surface area contributed by atoms with Crippen LogP contribution < -0.4 is 9.80 Å². The first-order valence-corrected chi connectivity index (χ1v) is 22.6. The third-order valence-corrected chi connectivity index (χ3v) is 12.5. The molecular weight excluding hydrogens is 797 g/mol. The molecule has 312 valence electrons. The molecule has 0 atom stereocenters. The largest absolute Gasteiger partial charge is 0.311 e. The van der Waals surface area contributed by atoms with Gasteiger partial charge in [-0.2, -0.15) is 0 Å². The lowest BCUT2D eigenvalue weighted by molar-refractivity contribution is 1.28. The lowest BCUT2D eigenvalue weighted by Crippen LogP contribution is -2.10. The molecule has 0 unspecified atom stereocenters. The van der Waals surface area contributed by atoms with Gasteiger partial charge < -0.3 is 9.80 Å². The van der Waals surface area contributed by atoms with Gasteiger partial charge in [0.25, 0.3) is 0 Å². The summed E-state index contributed by atoms with van der Waals surface area (Å²) in [5.41, 5.74) is 18.6. The van der Waals surface area contributed by atoms with E-state index in [-0.39, 0.29) is 0 Å². The van der Waals surface area contributed by atoms with Gasteiger partial charge in [-0.1, -0.05) is 212 Å². The van der Waals surface area contributed by atoms with Gasteiger partial charge >= 0.3 is 0 Å². The van der Waals surface area contributed by atoms with E-state index in [9.17, 15) is 0 Å². The van der Waals surface area contributed by atoms with Gasteiger partial charge in [0.05, 0.1) is 5.69 Å². The standard InChI is InChI=1S/C64H46N2/c1-5-15-47(16-6-1)49-25-27-51(28-26-49)52-35-41-59(42-36-52)66(64-46-45-61(62-23-13-14-24-63(62)64)55-31-29-50(30-32-55)48-17-7-2-8-18-48)60-43-37-54(38-44-60)53-33-39-58(40-34-53)65(56-19-9-3-10-20-56)57-21-11-4-12-22-57/h1-46H. The van der Waals surface area contributed by atoms with Gasteiger partial charge in [0.2, 0.25) is 0 Å². The van der Waals surface area contributed by atoms with Crippen molar-refractivity contribution in [2.45, 2.75) is 0 Å². The van der Waals surface area contributed by atoms with Crippen LogP contribution in [0, 0.1) is 0 Å². The SMILES string of the molecule is c1ccc(-c2ccc(-c3ccc(N(c4ccc(-c5ccc(N(c6ccccc6)c6ccccc6)cc5)cc4)c4ccc(-c5ccc(-c6ccccc6)cc5)c5ccccc45)cc3)cc2)cc1. The summed E-state index contributed by atoms with van der Waals surface area (Å²) in [4.78, 5) is 4.70. The van der Waals surface area contributed by atoms with E-state index in [4.69, 9.17) is 0 Å². The molecule has 11 rings (SSSR count). The number of nitrogens with zero attached hydrogens (tertiary/aromatic N) is 2. The molecule has 0 radical (unpaired) electrons. The molecule has 0 amide bonds. The Labute approximate surface area is 387 Å². The molecule has 0 saturated heterocycles. The van der Waals surface area contributed by atoms with E-state index >= 15 is 0 Å². The summed E-state index contributed by atoms with van der Waals surface area (Å²) in [5, 5.41) is 2.39. The highest BCUT2D eigenvalue weighted by atomic mass is 15.1. The number of rotatable bonds is 11. The van der Waals surface area contributed by atoms with Crippen molar-refractivity contribution in [2.24, 2.45) is 0 Å². The summed E-state index contributed by atoms with van der Waals surface area (Å²) in [7, 11) is 0. The molecule has 0 spiro atoms. The predicted octanol–water partition coefficient (Wildman–Crippen LogP) is 18.1. The van der Waals surface area contributed by atoms with E-state index < -0.39 is 0 Å². The van der Waals surface area contributed by atoms with Crippen LogP contribution in [0.15, 0.2) is 279 Å². The number of benzene rings is 11. The molecule has 0 saturated carbocycles. The number of hydrogen-bond donors (Lipinski definition) is 0. The van der Waals surface area contributed by atoms with Gasteiger partial charge in [0.15, 0.2) is 0 Å². The molecule has 0 bridgehead atoms. The second-order valence-electron chi connectivity index (χ2n) is 16.5. The van der Waals surface area contributed by atoms with Gasteiger partial charge in [0, 0.05) is 33.8 Å². The van der Waals surface area contributed by atoms with Crippen molar-refractivity contribution < 1.29 is 0 Å². The summed E-state index contributed by atoms with van der Waals surface area (Å²) < 4.78 is 0. The summed E-state index contributed by atoms with van der Waals surface area (Å²) >= 11 is 0. The Hall–Kier alpha value is -8.72. The lowest BCUT2D eigenvalue weighted by atomic mass is 9.94. The first-order chi connectivity index (χ1) is 32.7. The molecule has 2 nitrogen and oxygen atoms in total. The van der Waals surface area contributed by atoms with E-state index in [1.54, 1.807) is 0 Å². The molecule has 66 heavy (non-hydrogen) atoms. The maximum absolute atomic E-state index is 2.40. The maximum atomic E-state index is 2.40. The van der Waals surface area contributed by atoms with Gasteiger partial charge in [-0.3, -0.25) is 0 Å². The van der Waals surface area contributed by atoms with Crippen molar-refractivity contribution in [3.05, 3.63) is 279 Å². The minimum atomic E-state index is 1.08. The van der Waals surface area contributed by atoms with Crippen LogP contribution in [0.2, 0.25) is 0 Å². The van der Waals surface area contributed by atoms with E-state index in [0.717, 1.165) is 45.3 Å². The Kier molecular flexibility index (Phi) is 11.0. The molecule has 0 heterocycles. The van der Waals surface area contributed by atoms with Crippen LogP contribution in [0.1, 0.15) is 0 Å². The fourth-order valence-corrected chi connectivity index (χ4v) is 9.13. The third kappa shape index (κ3) is 8.16. The van der Waals surface area contributed by atoms with Gasteiger partial charge in [-0.25, -0.2) is 0 Å². The Bertz CT molecular complexity index is 3290. The molecule has 0 aliphatic rings. The monoisotopic (exact) mass is 842 g/mol. The normalized spacial score (nSPS) is 11.0. The van der Waals surface area contributed by atoms with Crippen molar-refractivity contribution in [1.29, 1.82) is 0 Å². The average Bonchev–Trinajstić information content (AvgIpc) is 3.41. The van der Waals surface area contributed by atoms with Crippen LogP contribution in [-0.2, 0) is 0 Å². The highest BCUT2D eigenvalue weighted by Crippen LogP contribution is 2.44. The molecule has 11 aromatic carbocycles. The highest BCUT2D eigenvalue weighted by Gasteiger charge is 2.19. The number of para-hydroxylation sites is 2. The van der Waals surface area contributed by atoms with Crippen LogP contribution in [-0.4, -0.2) is 0 Å². The first-order valence-electron chi connectivity index (χ1n) is 22.6. The fourth-order valence-electron chi connectivity index (χ4n) is 9.13. The Morgan fingerprint density at radius 1 is 0.167 bits per heavy atom. The quantitative estimate of drug-likeness (QED) is 0.128. The van der Waals surface area contributed by atoms with Crippen molar-refractivity contribution >= 4 is 44.9 Å². The van der Waals surface area contributed by atoms with Gasteiger partial charge in [-0.15, -0.1) is 0 Å². The highest BCUT2D eigenvalue weighted by molar-refractivity contribution is 6.06. The first kappa shape index (κ1) is 40.1. The molecule has 0 aliphatic heterocycles. The second-order valence-corrected chi connectivity index (χ2v) is 16.5. The van der Waals surface area contributed by atoms with Crippen LogP contribution in [0.3, 0.4) is 0 Å². The number of fused-ring (bicyclic) bond motifs is 1. The molecule has 0 N–H and O–H groups in total. The maximum Gasteiger partial charge on any atom is 0.0540 e. The Balaban J connectivity index is 0.955. The molecular formula is C64H46N2. The van der Waals surface area contributed by atoms with Crippen LogP contribution in [0.4, 0.5) is 34.1 Å². The summed E-state index contributed by atoms with van der Waals surface area (Å²) in [6, 6.07) is 100. The van der Waals surface area contributed by atoms with Crippen LogP contribution in [0.5, 0.6) is 0 Å². The third-order valence-electron chi connectivity index (χ3n) is 12.5. The fraction of sp³-hybridized carbons (Fsp3) is 0. The predicted molar refractivity (Wildman–Crippen MR) is 280 cm³/mol. The summed E-state index contributed by atoms with van der Waals surface area (Å²) in [5.74, 6) is 0. The molecule has 0 aliphatic carbocycles. The second kappa shape index (κ2) is 18.2. The number of hydrogen-bond acceptors (Lipinski definition) is 2. The Morgan fingerprint density at radius 2 is 0.439 bits per heavy atom. The Morgan fingerprint density at radius 3 is 0.833 bits per heavy atom. The van der Waals surface area contributed by atoms with E-state index in [0.29, 0.717) is 0 Å². The van der Waals surface area contributed by atoms with Gasteiger partial charge in [-0.05, 0) is 128 Å². The number of anilines is 6. The lowest BCUT2D eigenvalue weighted by Gasteiger charge is -2.28. The summed E-state index contributed by atoms with van der Waals surface area (Å²) in [6.45, 7) is 0. The molecule has 0 fully saturated rings. The zero-order chi connectivity index (χ0) is 44.1. The van der Waals surface area contributed by atoms with Crippen molar-refractivity contribution in [3.63, 3.8) is 0 Å². The topological polar surface area (TPSA) is 6.48 Å². The van der Waals surface area contributed by atoms with Crippen molar-refractivity contribution in [2.75, 3.05) is 9.80 Å². The minimum absolute atomic E-state index is 1.08. The smallest absolute Gasteiger partial charge is 0.0540 e. The zero-order valence-corrected chi connectivity index (χ0v) is 36.5. The van der Waals surface area contributed by atoms with Crippen molar-refractivity contribution in [3.8, 4) is 55.6 Å². The molecule has 0 aromatic heterocycles. The van der Waals surface area contributed by atoms with E-state index in [1.807, 2.05) is 0 Å². The van der Waals surface area contributed by atoms with Gasteiger partial charge in [0.1, 0.15) is 0 Å². The molecule has 2 heteroatoms. The van der Waals surface area contributed by atoms with Crippen LogP contribution in [0.25, 0.3) is 66.4 Å². The minimum Gasteiger partial charge on any atom is -0.311 e. The summed E-state index contributed by atoms with van der Waals surface area (Å²) in [6.07, 6.45) is 0. The van der Waals surface area contributed by atoms with E-state index in [2.05, 4.69) is 289 Å². The van der Waals surface area contributed by atoms with Crippen LogP contribution >= 0.6 is 0 Å².